The van der Waals surface area contributed by atoms with E-state index in [2.05, 4.69) is 0 Å². The molecule has 1 heterocycles. The molecule has 2 atom stereocenters. The van der Waals surface area contributed by atoms with E-state index in [-0.39, 0.29) is 18.5 Å². The fourth-order valence-electron chi connectivity index (χ4n) is 2.86. The van der Waals surface area contributed by atoms with Gasteiger partial charge in [0, 0.05) is 24.4 Å². The number of amides is 1. The number of ether oxygens (including phenoxy) is 1. The first-order chi connectivity index (χ1) is 11.6. The third-order valence-electron chi connectivity index (χ3n) is 4.04. The summed E-state index contributed by atoms with van der Waals surface area (Å²) in [5.41, 5.74) is -0.609. The number of nitrogens with zero attached hydrogens (tertiary/aromatic N) is 1. The van der Waals surface area contributed by atoms with Crippen molar-refractivity contribution >= 4 is 24.5 Å². The number of carbonyl (C=O) groups excluding carboxylic acids is 2. The summed E-state index contributed by atoms with van der Waals surface area (Å²) in [7, 11) is -3.58. The Kier molecular flexibility index (Phi) is 6.07. The van der Waals surface area contributed by atoms with E-state index in [1.54, 1.807) is 51.1 Å². The van der Waals surface area contributed by atoms with Crippen molar-refractivity contribution in [3.05, 3.63) is 30.3 Å². The highest BCUT2D eigenvalue weighted by atomic mass is 31.2. The first-order valence-corrected chi connectivity index (χ1v) is 10.3. The number of rotatable bonds is 5. The molecular formula is C18H26NO5P. The van der Waals surface area contributed by atoms with Crippen LogP contribution >= 0.6 is 7.37 Å². The van der Waals surface area contributed by atoms with E-state index < -0.39 is 25.0 Å². The predicted octanol–water partition coefficient (Wildman–Crippen LogP) is 2.31. The first-order valence-electron chi connectivity index (χ1n) is 8.50. The summed E-state index contributed by atoms with van der Waals surface area (Å²) >= 11 is 0. The van der Waals surface area contributed by atoms with E-state index in [0.717, 1.165) is 6.42 Å². The summed E-state index contributed by atoms with van der Waals surface area (Å²) in [4.78, 5) is 36.5. The highest BCUT2D eigenvalue weighted by Crippen LogP contribution is 2.40. The van der Waals surface area contributed by atoms with Gasteiger partial charge in [0.2, 0.25) is 13.3 Å². The lowest BCUT2D eigenvalue weighted by molar-refractivity contribution is -0.163. The van der Waals surface area contributed by atoms with Crippen molar-refractivity contribution in [3.63, 3.8) is 0 Å². The van der Waals surface area contributed by atoms with Crippen molar-refractivity contribution in [1.29, 1.82) is 0 Å². The Morgan fingerprint density at radius 2 is 1.92 bits per heavy atom. The molecule has 0 spiro atoms. The molecule has 138 valence electrons. The Balaban J connectivity index is 1.98. The van der Waals surface area contributed by atoms with Crippen molar-refractivity contribution in [1.82, 2.24) is 4.90 Å². The molecule has 6 nitrogen and oxygen atoms in total. The highest BCUT2D eigenvalue weighted by Gasteiger charge is 2.37. The van der Waals surface area contributed by atoms with Gasteiger partial charge in [0.25, 0.3) is 0 Å². The third-order valence-corrected chi connectivity index (χ3v) is 5.98. The Hall–Kier alpha value is -1.65. The minimum atomic E-state index is -3.58. The molecule has 0 aromatic heterocycles. The van der Waals surface area contributed by atoms with E-state index in [4.69, 9.17) is 4.74 Å². The Morgan fingerprint density at radius 1 is 1.28 bits per heavy atom. The predicted molar refractivity (Wildman–Crippen MR) is 96.0 cm³/mol. The number of benzene rings is 1. The van der Waals surface area contributed by atoms with Crippen molar-refractivity contribution in [2.75, 3.05) is 12.7 Å². The minimum absolute atomic E-state index is 0.0675. The van der Waals surface area contributed by atoms with E-state index in [1.165, 1.54) is 4.90 Å². The van der Waals surface area contributed by atoms with Gasteiger partial charge in [0.15, 0.2) is 0 Å². The van der Waals surface area contributed by atoms with Gasteiger partial charge < -0.3 is 14.5 Å². The monoisotopic (exact) mass is 367 g/mol. The van der Waals surface area contributed by atoms with Crippen LogP contribution in [0.2, 0.25) is 0 Å². The summed E-state index contributed by atoms with van der Waals surface area (Å²) < 4.78 is 17.8. The molecule has 7 heteroatoms. The van der Waals surface area contributed by atoms with E-state index in [1.807, 2.05) is 0 Å². The third kappa shape index (κ3) is 5.41. The Bertz CT molecular complexity index is 668. The second kappa shape index (κ2) is 7.71. The van der Waals surface area contributed by atoms with Crippen LogP contribution in [0.25, 0.3) is 0 Å². The molecule has 0 saturated carbocycles. The standard InChI is InChI=1S/C18H26NO5P/c1-18(2,3)24-17(21)15-10-7-12-19(15)16(20)11-13-25(22,23)14-8-5-4-6-9-14/h4-6,8-9,15H,7,10-13H2,1-3H3,(H,22,23)/t15-/m0/s1. The van der Waals surface area contributed by atoms with Gasteiger partial charge in [0.1, 0.15) is 11.6 Å². The van der Waals surface area contributed by atoms with Crippen LogP contribution in [-0.2, 0) is 18.9 Å². The molecule has 1 N–H and O–H groups in total. The minimum Gasteiger partial charge on any atom is -0.458 e. The molecule has 1 aromatic carbocycles. The van der Waals surface area contributed by atoms with Crippen LogP contribution in [-0.4, -0.2) is 46.0 Å². The number of esters is 1. The maximum absolute atomic E-state index is 12.5. The van der Waals surface area contributed by atoms with Crippen molar-refractivity contribution in [2.24, 2.45) is 0 Å². The number of carbonyl (C=O) groups is 2. The molecule has 1 fully saturated rings. The molecule has 0 radical (unpaired) electrons. The molecule has 1 amide bonds. The first kappa shape index (κ1) is 19.7. The van der Waals surface area contributed by atoms with Gasteiger partial charge >= 0.3 is 5.97 Å². The SMILES string of the molecule is CC(C)(C)OC(=O)[C@@H]1CCCN1C(=O)CCP(=O)(O)c1ccccc1. The molecule has 1 saturated heterocycles. The summed E-state index contributed by atoms with van der Waals surface area (Å²) in [6, 6.07) is 7.74. The van der Waals surface area contributed by atoms with Crippen LogP contribution in [0, 0.1) is 0 Å². The van der Waals surface area contributed by atoms with Crippen LogP contribution in [0.1, 0.15) is 40.0 Å². The summed E-state index contributed by atoms with van der Waals surface area (Å²) in [6.07, 6.45) is 1.09. The maximum Gasteiger partial charge on any atom is 0.329 e. The van der Waals surface area contributed by atoms with Crippen LogP contribution in [0.5, 0.6) is 0 Å². The highest BCUT2D eigenvalue weighted by molar-refractivity contribution is 7.66. The zero-order valence-corrected chi connectivity index (χ0v) is 15.9. The van der Waals surface area contributed by atoms with Crippen molar-refractivity contribution in [2.45, 2.75) is 51.7 Å². The van der Waals surface area contributed by atoms with Gasteiger partial charge in [-0.3, -0.25) is 9.36 Å². The molecule has 1 aromatic rings. The fourth-order valence-corrected chi connectivity index (χ4v) is 4.25. The molecule has 25 heavy (non-hydrogen) atoms. The lowest BCUT2D eigenvalue weighted by Crippen LogP contribution is -2.43. The molecule has 0 aliphatic carbocycles. The molecule has 0 bridgehead atoms. The zero-order chi connectivity index (χ0) is 18.7. The van der Waals surface area contributed by atoms with Gasteiger partial charge in [-0.05, 0) is 45.7 Å². The quantitative estimate of drug-likeness (QED) is 0.638. The van der Waals surface area contributed by atoms with Gasteiger partial charge in [-0.25, -0.2) is 4.79 Å². The van der Waals surface area contributed by atoms with Gasteiger partial charge in [-0.15, -0.1) is 0 Å². The van der Waals surface area contributed by atoms with E-state index >= 15 is 0 Å². The van der Waals surface area contributed by atoms with Crippen molar-refractivity contribution < 1.29 is 23.8 Å². The molecule has 1 aliphatic rings. The van der Waals surface area contributed by atoms with Crippen LogP contribution in [0.3, 0.4) is 0 Å². The number of likely N-dealkylation sites (tertiary alicyclic amines) is 1. The smallest absolute Gasteiger partial charge is 0.329 e. The van der Waals surface area contributed by atoms with Crippen LogP contribution in [0.15, 0.2) is 30.3 Å². The summed E-state index contributed by atoms with van der Waals surface area (Å²) in [6.45, 7) is 5.83. The second-order valence-corrected chi connectivity index (χ2v) is 9.66. The average molecular weight is 367 g/mol. The molecule has 2 rings (SSSR count). The van der Waals surface area contributed by atoms with E-state index in [0.29, 0.717) is 18.3 Å². The Labute approximate surface area is 148 Å². The van der Waals surface area contributed by atoms with E-state index in [9.17, 15) is 19.0 Å². The second-order valence-electron chi connectivity index (χ2n) is 7.29. The van der Waals surface area contributed by atoms with Gasteiger partial charge in [0.05, 0.1) is 0 Å². The maximum atomic E-state index is 12.5. The lowest BCUT2D eigenvalue weighted by Gasteiger charge is -2.27. The Morgan fingerprint density at radius 3 is 2.52 bits per heavy atom. The van der Waals surface area contributed by atoms with Gasteiger partial charge in [-0.2, -0.15) is 0 Å². The number of hydrogen-bond acceptors (Lipinski definition) is 4. The summed E-state index contributed by atoms with van der Waals surface area (Å²) in [5.74, 6) is -0.688. The van der Waals surface area contributed by atoms with Crippen molar-refractivity contribution in [3.8, 4) is 0 Å². The average Bonchev–Trinajstić information content (AvgIpc) is 3.02. The van der Waals surface area contributed by atoms with Crippen LogP contribution in [0.4, 0.5) is 0 Å². The zero-order valence-electron chi connectivity index (χ0n) is 15.0. The fraction of sp³-hybridized carbons (Fsp3) is 0.556. The topological polar surface area (TPSA) is 83.9 Å². The van der Waals surface area contributed by atoms with Gasteiger partial charge in [-0.1, -0.05) is 18.2 Å². The normalized spacial score (nSPS) is 20.2. The van der Waals surface area contributed by atoms with Crippen LogP contribution < -0.4 is 5.30 Å². The summed E-state index contributed by atoms with van der Waals surface area (Å²) in [5, 5.41) is 0.341. The largest absolute Gasteiger partial charge is 0.458 e. The number of hydrogen-bond donors (Lipinski definition) is 1. The molecule has 1 aliphatic heterocycles. The molecular weight excluding hydrogens is 341 g/mol. The molecule has 1 unspecified atom stereocenters. The lowest BCUT2D eigenvalue weighted by atomic mass is 10.1.